The van der Waals surface area contributed by atoms with E-state index in [2.05, 4.69) is 16.3 Å². The molecule has 2 aromatic rings. The Hall–Kier alpha value is -2.00. The van der Waals surface area contributed by atoms with Gasteiger partial charge < -0.3 is 9.15 Å². The molecule has 5 nitrogen and oxygen atoms in total. The normalized spacial score (nSPS) is 10.0. The van der Waals surface area contributed by atoms with Crippen LogP contribution in [0.2, 0.25) is 0 Å². The van der Waals surface area contributed by atoms with E-state index in [1.54, 1.807) is 25.1 Å². The highest BCUT2D eigenvalue weighted by Gasteiger charge is 2.02. The number of ether oxygens (including phenoxy) is 1. The van der Waals surface area contributed by atoms with Crippen LogP contribution >= 0.6 is 11.8 Å². The average Bonchev–Trinajstić information content (AvgIpc) is 2.81. The van der Waals surface area contributed by atoms with Gasteiger partial charge in [0.1, 0.15) is 5.75 Å². The molecule has 2 rings (SSSR count). The largest absolute Gasteiger partial charge is 0.493 e. The molecule has 0 aliphatic carbocycles. The van der Waals surface area contributed by atoms with Crippen LogP contribution in [-0.4, -0.2) is 22.6 Å². The molecule has 0 N–H and O–H groups in total. The Balaban J connectivity index is 1.77. The topological polar surface area (TPSA) is 71.9 Å². The zero-order valence-corrected chi connectivity index (χ0v) is 10.6. The van der Waals surface area contributed by atoms with E-state index < -0.39 is 0 Å². The van der Waals surface area contributed by atoms with Crippen LogP contribution in [0.1, 0.15) is 11.5 Å². The molecule has 0 spiro atoms. The van der Waals surface area contributed by atoms with Crippen molar-refractivity contribution in [2.75, 3.05) is 12.4 Å². The summed E-state index contributed by atoms with van der Waals surface area (Å²) in [5.74, 6) is 1.95. The van der Waals surface area contributed by atoms with Crippen molar-refractivity contribution in [3.05, 3.63) is 35.7 Å². The minimum atomic E-state index is 0.515. The standard InChI is InChI=1S/C12H11N3O2S/c1-9-14-15-12(17-9)18-6-5-16-11-4-2-3-10(7-11)8-13/h2-4,7H,5-6H2,1H3. The minimum Gasteiger partial charge on any atom is -0.493 e. The number of rotatable bonds is 5. The predicted molar refractivity (Wildman–Crippen MR) is 66.4 cm³/mol. The van der Waals surface area contributed by atoms with Crippen LogP contribution in [0.15, 0.2) is 33.9 Å². The number of nitriles is 1. The van der Waals surface area contributed by atoms with Gasteiger partial charge in [0.05, 0.1) is 18.2 Å². The average molecular weight is 261 g/mol. The van der Waals surface area contributed by atoms with E-state index in [0.717, 1.165) is 0 Å². The van der Waals surface area contributed by atoms with Gasteiger partial charge in [-0.1, -0.05) is 17.8 Å². The first-order valence-electron chi connectivity index (χ1n) is 5.34. The number of aryl methyl sites for hydroxylation is 1. The molecule has 1 aromatic carbocycles. The van der Waals surface area contributed by atoms with Crippen molar-refractivity contribution in [1.29, 1.82) is 5.26 Å². The van der Waals surface area contributed by atoms with Crippen molar-refractivity contribution in [1.82, 2.24) is 10.2 Å². The first kappa shape index (κ1) is 12.5. The zero-order chi connectivity index (χ0) is 12.8. The van der Waals surface area contributed by atoms with E-state index in [4.69, 9.17) is 14.4 Å². The summed E-state index contributed by atoms with van der Waals surface area (Å²) >= 11 is 1.44. The lowest BCUT2D eigenvalue weighted by atomic mass is 10.2. The quantitative estimate of drug-likeness (QED) is 0.608. The summed E-state index contributed by atoms with van der Waals surface area (Å²) < 4.78 is 10.7. The van der Waals surface area contributed by atoms with Gasteiger partial charge in [-0.25, -0.2) is 0 Å². The van der Waals surface area contributed by atoms with Crippen LogP contribution in [0.3, 0.4) is 0 Å². The maximum absolute atomic E-state index is 8.75. The van der Waals surface area contributed by atoms with Crippen LogP contribution in [0, 0.1) is 18.3 Å². The molecule has 0 amide bonds. The van der Waals surface area contributed by atoms with E-state index >= 15 is 0 Å². The summed E-state index contributed by atoms with van der Waals surface area (Å²) in [7, 11) is 0. The van der Waals surface area contributed by atoms with Gasteiger partial charge in [-0.15, -0.1) is 10.2 Å². The fourth-order valence-electron chi connectivity index (χ4n) is 1.28. The van der Waals surface area contributed by atoms with Crippen molar-refractivity contribution in [3.63, 3.8) is 0 Å². The van der Waals surface area contributed by atoms with E-state index in [-0.39, 0.29) is 0 Å². The Bertz CT molecular complexity index is 562. The monoisotopic (exact) mass is 261 g/mol. The maximum atomic E-state index is 8.75. The van der Waals surface area contributed by atoms with Gasteiger partial charge in [0, 0.05) is 12.7 Å². The molecule has 0 aliphatic rings. The molecule has 18 heavy (non-hydrogen) atoms. The highest BCUT2D eigenvalue weighted by molar-refractivity contribution is 7.99. The summed E-state index contributed by atoms with van der Waals surface area (Å²) in [6, 6.07) is 9.13. The lowest BCUT2D eigenvalue weighted by molar-refractivity contribution is 0.343. The minimum absolute atomic E-state index is 0.515. The third-order valence-electron chi connectivity index (χ3n) is 2.05. The summed E-state index contributed by atoms with van der Waals surface area (Å²) in [6.07, 6.45) is 0. The Kier molecular flexibility index (Phi) is 4.20. The van der Waals surface area contributed by atoms with Gasteiger partial charge in [-0.3, -0.25) is 0 Å². The Morgan fingerprint density at radius 3 is 3.06 bits per heavy atom. The number of nitrogens with zero attached hydrogens (tertiary/aromatic N) is 3. The highest BCUT2D eigenvalue weighted by atomic mass is 32.2. The molecule has 0 radical (unpaired) electrons. The number of hydrogen-bond acceptors (Lipinski definition) is 6. The first-order chi connectivity index (χ1) is 8.78. The van der Waals surface area contributed by atoms with Crippen molar-refractivity contribution in [2.45, 2.75) is 12.1 Å². The molecular formula is C12H11N3O2S. The van der Waals surface area contributed by atoms with Gasteiger partial charge in [-0.2, -0.15) is 5.26 Å². The molecule has 1 aromatic heterocycles. The third-order valence-corrected chi connectivity index (χ3v) is 2.83. The molecular weight excluding hydrogens is 250 g/mol. The second-order valence-corrected chi connectivity index (χ2v) is 4.47. The molecule has 0 aliphatic heterocycles. The van der Waals surface area contributed by atoms with E-state index in [1.165, 1.54) is 11.8 Å². The zero-order valence-electron chi connectivity index (χ0n) is 9.79. The first-order valence-corrected chi connectivity index (χ1v) is 6.32. The van der Waals surface area contributed by atoms with Crippen molar-refractivity contribution in [2.24, 2.45) is 0 Å². The number of benzene rings is 1. The maximum Gasteiger partial charge on any atom is 0.276 e. The summed E-state index contributed by atoms with van der Waals surface area (Å²) in [5, 5.41) is 16.9. The fraction of sp³-hybridized carbons (Fsp3) is 0.250. The van der Waals surface area contributed by atoms with Crippen LogP contribution < -0.4 is 4.74 Å². The van der Waals surface area contributed by atoms with E-state index in [1.807, 2.05) is 6.07 Å². The molecule has 0 saturated heterocycles. The van der Waals surface area contributed by atoms with Gasteiger partial charge in [0.25, 0.3) is 5.22 Å². The smallest absolute Gasteiger partial charge is 0.276 e. The van der Waals surface area contributed by atoms with Crippen LogP contribution in [0.25, 0.3) is 0 Å². The molecule has 0 fully saturated rings. The van der Waals surface area contributed by atoms with Gasteiger partial charge >= 0.3 is 0 Å². The number of thioether (sulfide) groups is 1. The fourth-order valence-corrected chi connectivity index (χ4v) is 1.90. The Morgan fingerprint density at radius 2 is 2.33 bits per heavy atom. The molecule has 0 saturated carbocycles. The molecule has 0 bridgehead atoms. The van der Waals surface area contributed by atoms with Crippen LogP contribution in [0.5, 0.6) is 5.75 Å². The SMILES string of the molecule is Cc1nnc(SCCOc2cccc(C#N)c2)o1. The Labute approximate surface area is 109 Å². The Morgan fingerprint density at radius 1 is 1.44 bits per heavy atom. The van der Waals surface area contributed by atoms with Crippen molar-refractivity contribution < 1.29 is 9.15 Å². The van der Waals surface area contributed by atoms with E-state index in [9.17, 15) is 0 Å². The van der Waals surface area contributed by atoms with Crippen LogP contribution in [0.4, 0.5) is 0 Å². The molecule has 92 valence electrons. The lowest BCUT2D eigenvalue weighted by Crippen LogP contribution is -2.00. The van der Waals surface area contributed by atoms with Crippen molar-refractivity contribution >= 4 is 11.8 Å². The lowest BCUT2D eigenvalue weighted by Gasteiger charge is -2.04. The molecule has 0 atom stereocenters. The number of hydrogen-bond donors (Lipinski definition) is 0. The highest BCUT2D eigenvalue weighted by Crippen LogP contribution is 2.17. The van der Waals surface area contributed by atoms with E-state index in [0.29, 0.717) is 34.8 Å². The van der Waals surface area contributed by atoms with Gasteiger partial charge in [0.2, 0.25) is 5.89 Å². The van der Waals surface area contributed by atoms with Crippen molar-refractivity contribution in [3.8, 4) is 11.8 Å². The summed E-state index contributed by atoms with van der Waals surface area (Å²) in [6.45, 7) is 2.27. The van der Waals surface area contributed by atoms with Gasteiger partial charge in [0.15, 0.2) is 0 Å². The second-order valence-electron chi connectivity index (χ2n) is 3.42. The molecule has 0 unspecified atom stereocenters. The predicted octanol–water partition coefficient (Wildman–Crippen LogP) is 2.42. The molecule has 1 heterocycles. The van der Waals surface area contributed by atoms with Gasteiger partial charge in [-0.05, 0) is 18.2 Å². The summed E-state index contributed by atoms with van der Waals surface area (Å²) in [5.41, 5.74) is 0.590. The van der Waals surface area contributed by atoms with Crippen LogP contribution in [-0.2, 0) is 0 Å². The number of aromatic nitrogens is 2. The third kappa shape index (κ3) is 3.50. The molecule has 6 heteroatoms. The second kappa shape index (κ2) is 6.07. The summed E-state index contributed by atoms with van der Waals surface area (Å²) in [4.78, 5) is 0.